The number of aliphatic hydroxyl groups is 1. The molecule has 0 saturated heterocycles. The highest BCUT2D eigenvalue weighted by Crippen LogP contribution is 1.83. The fourth-order valence-corrected chi connectivity index (χ4v) is 0.300. The molecule has 4 heteroatoms. The third-order valence-electron chi connectivity index (χ3n) is 0.577. The number of carboxylic acids is 1. The van der Waals surface area contributed by atoms with Gasteiger partial charge in [0.25, 0.3) is 0 Å². The summed E-state index contributed by atoms with van der Waals surface area (Å²) in [4.78, 5) is 9.72. The van der Waals surface area contributed by atoms with Crippen LogP contribution in [0.4, 0.5) is 0 Å². The number of hydrogen-bond donors (Lipinski definition) is 2. The highest BCUT2D eigenvalue weighted by molar-refractivity contribution is 7.82. The predicted molar refractivity (Wildman–Crippen MR) is 31.9 cm³/mol. The van der Waals surface area contributed by atoms with Crippen molar-refractivity contribution in [2.24, 2.45) is 0 Å². The highest BCUT2D eigenvalue weighted by Gasteiger charge is 2.02. The Morgan fingerprint density at radius 3 is 2.25 bits per heavy atom. The summed E-state index contributed by atoms with van der Waals surface area (Å²) in [5.41, 5.74) is 0. The molecule has 0 unspecified atom stereocenters. The van der Waals surface area contributed by atoms with Crippen LogP contribution in [-0.4, -0.2) is 27.7 Å². The Bertz CT molecular complexity index is 110. The van der Waals surface area contributed by atoms with E-state index in [0.29, 0.717) is 0 Å². The molecule has 3 nitrogen and oxygen atoms in total. The second-order valence-corrected chi connectivity index (χ2v) is 1.69. The maximum absolute atomic E-state index is 9.84. The predicted octanol–water partition coefficient (Wildman–Crippen LogP) is -0.177. The molecule has 0 radical (unpaired) electrons. The molecule has 2 N–H and O–H groups in total. The molecule has 0 amide bonds. The van der Waals surface area contributed by atoms with Crippen molar-refractivity contribution in [2.45, 2.75) is 6.42 Å². The number of carbonyl (C=O) groups is 1. The number of hydrogen-bond acceptors (Lipinski definition) is 3. The van der Waals surface area contributed by atoms with E-state index in [1.165, 1.54) is 0 Å². The maximum Gasteiger partial charge on any atom is 0.342 e. The van der Waals surface area contributed by atoms with Gasteiger partial charge in [0.15, 0.2) is 0 Å². The molecule has 46 valence electrons. The van der Waals surface area contributed by atoms with Crippen LogP contribution in [-0.2, 0) is 4.79 Å². The summed E-state index contributed by atoms with van der Waals surface area (Å²) in [6, 6.07) is 0. The van der Waals surface area contributed by atoms with Crippen LogP contribution in [0.2, 0.25) is 0 Å². The molecule has 0 aliphatic rings. The van der Waals surface area contributed by atoms with E-state index in [1.807, 2.05) is 0 Å². The van der Waals surface area contributed by atoms with Gasteiger partial charge in [-0.2, -0.15) is 0 Å². The van der Waals surface area contributed by atoms with E-state index in [0.717, 1.165) is 0 Å². The first kappa shape index (κ1) is 7.52. The minimum absolute atomic E-state index is 0.0741. The molecule has 0 atom stereocenters. The first-order chi connectivity index (χ1) is 3.68. The zero-order valence-corrected chi connectivity index (χ0v) is 4.94. The molecule has 0 aromatic rings. The largest absolute Gasteiger partial charge is 0.477 e. The van der Waals surface area contributed by atoms with Gasteiger partial charge in [0.1, 0.15) is 4.86 Å². The van der Waals surface area contributed by atoms with Crippen molar-refractivity contribution in [3.8, 4) is 0 Å². The number of aliphatic hydroxyl groups excluding tert-OH is 1. The summed E-state index contributed by atoms with van der Waals surface area (Å²) in [6.45, 7) is -0.189. The lowest BCUT2D eigenvalue weighted by Crippen LogP contribution is -2.10. The van der Waals surface area contributed by atoms with Crippen molar-refractivity contribution < 1.29 is 15.0 Å². The van der Waals surface area contributed by atoms with Crippen LogP contribution in [0.3, 0.4) is 0 Å². The minimum Gasteiger partial charge on any atom is -0.477 e. The van der Waals surface area contributed by atoms with Crippen molar-refractivity contribution in [1.82, 2.24) is 0 Å². The summed E-state index contributed by atoms with van der Waals surface area (Å²) >= 11 is 4.32. The zero-order valence-electron chi connectivity index (χ0n) is 4.13. The SMILES string of the molecule is O=C(O)C(=S)CCO. The highest BCUT2D eigenvalue weighted by atomic mass is 32.1. The van der Waals surface area contributed by atoms with Gasteiger partial charge in [-0.3, -0.25) is 0 Å². The molecular formula is C4H6O3S. The molecule has 0 rings (SSSR count). The summed E-state index contributed by atoms with van der Waals surface area (Å²) in [5.74, 6) is -1.12. The van der Waals surface area contributed by atoms with Crippen LogP contribution >= 0.6 is 12.2 Å². The summed E-state index contributed by atoms with van der Waals surface area (Å²) in [5, 5.41) is 16.2. The maximum atomic E-state index is 9.84. The van der Waals surface area contributed by atoms with Gasteiger partial charge in [-0.1, -0.05) is 12.2 Å². The first-order valence-corrected chi connectivity index (χ1v) is 2.46. The van der Waals surface area contributed by atoms with E-state index in [-0.39, 0.29) is 17.9 Å². The van der Waals surface area contributed by atoms with Gasteiger partial charge in [-0.25, -0.2) is 4.79 Å². The summed E-state index contributed by atoms with van der Waals surface area (Å²) in [6.07, 6.45) is 0.0741. The monoisotopic (exact) mass is 134 g/mol. The Morgan fingerprint density at radius 2 is 2.12 bits per heavy atom. The van der Waals surface area contributed by atoms with Gasteiger partial charge in [-0.05, 0) is 0 Å². The Labute approximate surface area is 51.9 Å². The fourth-order valence-electron chi connectivity index (χ4n) is 0.208. The summed E-state index contributed by atoms with van der Waals surface area (Å²) in [7, 11) is 0. The van der Waals surface area contributed by atoms with Gasteiger partial charge in [-0.15, -0.1) is 0 Å². The molecule has 0 aliphatic carbocycles. The molecule has 0 aromatic carbocycles. The Balaban J connectivity index is 3.49. The third-order valence-corrected chi connectivity index (χ3v) is 0.956. The van der Waals surface area contributed by atoms with Crippen LogP contribution in [0.1, 0.15) is 6.42 Å². The minimum atomic E-state index is -1.12. The van der Waals surface area contributed by atoms with Gasteiger partial charge < -0.3 is 10.2 Å². The molecule has 0 spiro atoms. The van der Waals surface area contributed by atoms with E-state index in [2.05, 4.69) is 12.2 Å². The number of aliphatic carboxylic acids is 1. The second-order valence-electron chi connectivity index (χ2n) is 1.20. The smallest absolute Gasteiger partial charge is 0.342 e. The van der Waals surface area contributed by atoms with Crippen LogP contribution in [0.5, 0.6) is 0 Å². The quantitative estimate of drug-likeness (QED) is 0.526. The van der Waals surface area contributed by atoms with E-state index in [1.54, 1.807) is 0 Å². The van der Waals surface area contributed by atoms with Crippen LogP contribution in [0.15, 0.2) is 0 Å². The Morgan fingerprint density at radius 1 is 1.62 bits per heavy atom. The Kier molecular flexibility index (Phi) is 3.30. The molecule has 0 bridgehead atoms. The molecule has 0 fully saturated rings. The molecule has 0 aromatic heterocycles. The van der Waals surface area contributed by atoms with Gasteiger partial charge in [0.05, 0.1) is 0 Å². The van der Waals surface area contributed by atoms with E-state index in [4.69, 9.17) is 10.2 Å². The number of rotatable bonds is 3. The third kappa shape index (κ3) is 2.65. The lowest BCUT2D eigenvalue weighted by molar-refractivity contribution is -0.129. The topological polar surface area (TPSA) is 57.5 Å². The molecule has 0 aliphatic heterocycles. The standard InChI is InChI=1S/C4H6O3S/c5-2-1-3(8)4(6)7/h5H,1-2H2,(H,6,7). The molecule has 8 heavy (non-hydrogen) atoms. The number of carboxylic acid groups (broad SMARTS) is 1. The normalized spacial score (nSPS) is 8.62. The van der Waals surface area contributed by atoms with Crippen LogP contribution in [0.25, 0.3) is 0 Å². The molecule has 0 heterocycles. The van der Waals surface area contributed by atoms with Crippen molar-refractivity contribution in [1.29, 1.82) is 0 Å². The van der Waals surface area contributed by atoms with Crippen molar-refractivity contribution in [3.63, 3.8) is 0 Å². The summed E-state index contributed by atoms with van der Waals surface area (Å²) < 4.78 is 0. The van der Waals surface area contributed by atoms with Gasteiger partial charge in [0.2, 0.25) is 0 Å². The van der Waals surface area contributed by atoms with E-state index < -0.39 is 5.97 Å². The van der Waals surface area contributed by atoms with Gasteiger partial charge >= 0.3 is 5.97 Å². The first-order valence-electron chi connectivity index (χ1n) is 2.05. The second kappa shape index (κ2) is 3.51. The molecular weight excluding hydrogens is 128 g/mol. The van der Waals surface area contributed by atoms with Gasteiger partial charge in [0, 0.05) is 13.0 Å². The van der Waals surface area contributed by atoms with Crippen LogP contribution in [0, 0.1) is 0 Å². The lowest BCUT2D eigenvalue weighted by Gasteiger charge is -1.89. The average Bonchev–Trinajstić information content (AvgIpc) is 1.67. The zero-order chi connectivity index (χ0) is 6.57. The van der Waals surface area contributed by atoms with E-state index in [9.17, 15) is 4.79 Å². The van der Waals surface area contributed by atoms with Crippen LogP contribution < -0.4 is 0 Å². The number of thiocarbonyl (C=S) groups is 1. The lowest BCUT2D eigenvalue weighted by atomic mass is 10.3. The average molecular weight is 134 g/mol. The molecule has 0 saturated carbocycles. The fraction of sp³-hybridized carbons (Fsp3) is 0.500. The Hall–Kier alpha value is -0.480. The van der Waals surface area contributed by atoms with Crippen molar-refractivity contribution in [2.75, 3.05) is 6.61 Å². The van der Waals surface area contributed by atoms with Crippen molar-refractivity contribution in [3.05, 3.63) is 0 Å². The van der Waals surface area contributed by atoms with Crippen molar-refractivity contribution >= 4 is 23.1 Å². The van der Waals surface area contributed by atoms with E-state index >= 15 is 0 Å².